The van der Waals surface area contributed by atoms with Gasteiger partial charge in [0.1, 0.15) is 0 Å². The highest BCUT2D eigenvalue weighted by Crippen LogP contribution is 2.35. The largest absolute Gasteiger partial charge is 0.396 e. The van der Waals surface area contributed by atoms with E-state index in [1.807, 2.05) is 12.4 Å². The molecule has 0 amide bonds. The minimum absolute atomic E-state index is 0.127. The van der Waals surface area contributed by atoms with E-state index < -0.39 is 0 Å². The highest BCUT2D eigenvalue weighted by atomic mass is 16.3. The van der Waals surface area contributed by atoms with Crippen molar-refractivity contribution in [3.63, 3.8) is 0 Å². The van der Waals surface area contributed by atoms with E-state index in [0.717, 1.165) is 25.9 Å². The van der Waals surface area contributed by atoms with E-state index in [4.69, 9.17) is 0 Å². The summed E-state index contributed by atoms with van der Waals surface area (Å²) in [6, 6.07) is 0. The summed E-state index contributed by atoms with van der Waals surface area (Å²) in [4.78, 5) is 0. The number of aromatic nitrogens is 2. The molecule has 0 spiro atoms. The van der Waals surface area contributed by atoms with Gasteiger partial charge in [-0.3, -0.25) is 5.10 Å². The average Bonchev–Trinajstić information content (AvgIpc) is 2.83. The number of aliphatic hydroxyl groups excluding tert-OH is 1. The summed E-state index contributed by atoms with van der Waals surface area (Å²) < 4.78 is 0. The topological polar surface area (TPSA) is 60.9 Å². The first kappa shape index (κ1) is 11.6. The molecule has 0 bridgehead atoms. The van der Waals surface area contributed by atoms with Crippen molar-refractivity contribution in [3.05, 3.63) is 18.0 Å². The summed E-state index contributed by atoms with van der Waals surface area (Å²) in [7, 11) is 0. The van der Waals surface area contributed by atoms with E-state index in [9.17, 15) is 5.11 Å². The Hall–Kier alpha value is -0.870. The number of nitrogens with zero attached hydrogens (tertiary/aromatic N) is 1. The van der Waals surface area contributed by atoms with Gasteiger partial charge in [-0.1, -0.05) is 19.3 Å². The van der Waals surface area contributed by atoms with Gasteiger partial charge in [0.2, 0.25) is 0 Å². The van der Waals surface area contributed by atoms with Gasteiger partial charge in [-0.15, -0.1) is 0 Å². The molecule has 1 aromatic rings. The first-order valence-electron chi connectivity index (χ1n) is 6.14. The van der Waals surface area contributed by atoms with Crippen LogP contribution in [0.4, 0.5) is 0 Å². The number of nitrogens with one attached hydrogen (secondary N) is 2. The summed E-state index contributed by atoms with van der Waals surface area (Å²) in [5.74, 6) is 0. The molecule has 1 aromatic heterocycles. The van der Waals surface area contributed by atoms with Crippen molar-refractivity contribution in [3.8, 4) is 0 Å². The number of H-pyrrole nitrogens is 1. The van der Waals surface area contributed by atoms with Gasteiger partial charge in [-0.25, -0.2) is 0 Å². The van der Waals surface area contributed by atoms with Crippen molar-refractivity contribution in [1.29, 1.82) is 0 Å². The lowest BCUT2D eigenvalue weighted by atomic mass is 9.74. The van der Waals surface area contributed by atoms with Gasteiger partial charge in [-0.05, 0) is 12.8 Å². The van der Waals surface area contributed by atoms with E-state index in [2.05, 4.69) is 15.5 Å². The maximum Gasteiger partial charge on any atom is 0.0532 e. The first-order chi connectivity index (χ1) is 7.85. The van der Waals surface area contributed by atoms with Gasteiger partial charge in [0, 0.05) is 36.9 Å². The monoisotopic (exact) mass is 223 g/mol. The van der Waals surface area contributed by atoms with E-state index in [-0.39, 0.29) is 5.41 Å². The highest BCUT2D eigenvalue weighted by molar-refractivity contribution is 5.01. The molecular weight excluding hydrogens is 202 g/mol. The Labute approximate surface area is 96.5 Å². The van der Waals surface area contributed by atoms with Crippen molar-refractivity contribution in [2.75, 3.05) is 13.2 Å². The molecule has 0 unspecified atom stereocenters. The van der Waals surface area contributed by atoms with Crippen LogP contribution < -0.4 is 5.32 Å². The van der Waals surface area contributed by atoms with Gasteiger partial charge < -0.3 is 10.4 Å². The molecule has 0 aromatic carbocycles. The molecule has 1 saturated carbocycles. The normalized spacial score (nSPS) is 19.8. The first-order valence-corrected chi connectivity index (χ1v) is 6.14. The van der Waals surface area contributed by atoms with Crippen LogP contribution in [0.1, 0.15) is 37.7 Å². The van der Waals surface area contributed by atoms with Crippen LogP contribution in [0, 0.1) is 5.41 Å². The minimum Gasteiger partial charge on any atom is -0.396 e. The van der Waals surface area contributed by atoms with Crippen molar-refractivity contribution < 1.29 is 5.11 Å². The number of rotatable bonds is 5. The zero-order valence-corrected chi connectivity index (χ0v) is 9.71. The lowest BCUT2D eigenvalue weighted by Crippen LogP contribution is -2.38. The van der Waals surface area contributed by atoms with Crippen LogP contribution in [0.3, 0.4) is 0 Å². The third-order valence-electron chi connectivity index (χ3n) is 3.63. The molecule has 90 valence electrons. The standard InChI is InChI=1S/C12H21N3O/c16-10-12(4-2-1-3-5-12)9-13-6-11-7-14-15-8-11/h7-8,13,16H,1-6,9-10H2,(H,14,15). The molecule has 0 saturated heterocycles. The molecule has 3 N–H and O–H groups in total. The van der Waals surface area contributed by atoms with Gasteiger partial charge in [-0.2, -0.15) is 5.10 Å². The van der Waals surface area contributed by atoms with E-state index in [1.165, 1.54) is 24.8 Å². The van der Waals surface area contributed by atoms with E-state index in [1.54, 1.807) is 0 Å². The maximum atomic E-state index is 9.54. The van der Waals surface area contributed by atoms with Gasteiger partial charge >= 0.3 is 0 Å². The Morgan fingerprint density at radius 2 is 2.19 bits per heavy atom. The van der Waals surface area contributed by atoms with Gasteiger partial charge in [0.05, 0.1) is 6.20 Å². The predicted octanol–water partition coefficient (Wildman–Crippen LogP) is 1.44. The lowest BCUT2D eigenvalue weighted by molar-refractivity contribution is 0.0810. The summed E-state index contributed by atoms with van der Waals surface area (Å²) in [6.45, 7) is 2.05. The molecule has 0 radical (unpaired) electrons. The second-order valence-electron chi connectivity index (χ2n) is 4.93. The fraction of sp³-hybridized carbons (Fsp3) is 0.750. The van der Waals surface area contributed by atoms with Crippen LogP contribution in [-0.4, -0.2) is 28.5 Å². The zero-order chi connectivity index (χ0) is 11.3. The average molecular weight is 223 g/mol. The number of hydrogen-bond donors (Lipinski definition) is 3. The predicted molar refractivity (Wildman–Crippen MR) is 62.9 cm³/mol. The van der Waals surface area contributed by atoms with E-state index >= 15 is 0 Å². The van der Waals surface area contributed by atoms with Crippen LogP contribution in [-0.2, 0) is 6.54 Å². The molecule has 4 nitrogen and oxygen atoms in total. The summed E-state index contributed by atoms with van der Waals surface area (Å²) >= 11 is 0. The van der Waals surface area contributed by atoms with Crippen molar-refractivity contribution in [1.82, 2.24) is 15.5 Å². The smallest absolute Gasteiger partial charge is 0.0532 e. The number of hydrogen-bond acceptors (Lipinski definition) is 3. The Morgan fingerprint density at radius 1 is 1.38 bits per heavy atom. The van der Waals surface area contributed by atoms with Crippen molar-refractivity contribution in [2.24, 2.45) is 5.41 Å². The molecule has 1 aliphatic rings. The molecule has 16 heavy (non-hydrogen) atoms. The quantitative estimate of drug-likeness (QED) is 0.708. The van der Waals surface area contributed by atoms with Crippen LogP contribution in [0.15, 0.2) is 12.4 Å². The molecule has 0 aliphatic heterocycles. The fourth-order valence-corrected chi connectivity index (χ4v) is 2.54. The Morgan fingerprint density at radius 3 is 2.81 bits per heavy atom. The van der Waals surface area contributed by atoms with E-state index in [0.29, 0.717) is 6.61 Å². The molecule has 0 atom stereocenters. The maximum absolute atomic E-state index is 9.54. The molecule has 1 aliphatic carbocycles. The zero-order valence-electron chi connectivity index (χ0n) is 9.71. The summed E-state index contributed by atoms with van der Waals surface area (Å²) in [5.41, 5.74) is 1.30. The third kappa shape index (κ3) is 2.83. The molecule has 1 fully saturated rings. The Bertz CT molecular complexity index is 291. The number of aliphatic hydroxyl groups is 1. The third-order valence-corrected chi connectivity index (χ3v) is 3.63. The Kier molecular flexibility index (Phi) is 3.96. The number of aromatic amines is 1. The van der Waals surface area contributed by atoms with Crippen molar-refractivity contribution >= 4 is 0 Å². The highest BCUT2D eigenvalue weighted by Gasteiger charge is 2.30. The minimum atomic E-state index is 0.127. The van der Waals surface area contributed by atoms with Gasteiger partial charge in [0.15, 0.2) is 0 Å². The molecule has 2 rings (SSSR count). The van der Waals surface area contributed by atoms with Crippen LogP contribution in [0.25, 0.3) is 0 Å². The second kappa shape index (κ2) is 5.46. The summed E-state index contributed by atoms with van der Waals surface area (Å²) in [6.07, 6.45) is 9.88. The summed E-state index contributed by atoms with van der Waals surface area (Å²) in [5, 5.41) is 19.7. The Balaban J connectivity index is 1.78. The lowest BCUT2D eigenvalue weighted by Gasteiger charge is -2.35. The molecule has 1 heterocycles. The van der Waals surface area contributed by atoms with Gasteiger partial charge in [0.25, 0.3) is 0 Å². The van der Waals surface area contributed by atoms with Crippen LogP contribution in [0.2, 0.25) is 0 Å². The molecular formula is C12H21N3O. The SMILES string of the molecule is OCC1(CNCc2cn[nH]c2)CCCCC1. The second-order valence-corrected chi connectivity index (χ2v) is 4.93. The van der Waals surface area contributed by atoms with Crippen LogP contribution in [0.5, 0.6) is 0 Å². The molecule has 4 heteroatoms. The van der Waals surface area contributed by atoms with Crippen LogP contribution >= 0.6 is 0 Å². The van der Waals surface area contributed by atoms with Crippen molar-refractivity contribution in [2.45, 2.75) is 38.6 Å². The fourth-order valence-electron chi connectivity index (χ4n) is 2.54.